The van der Waals surface area contributed by atoms with E-state index in [0.717, 1.165) is 12.7 Å². The van der Waals surface area contributed by atoms with Crippen molar-refractivity contribution in [1.29, 1.82) is 0 Å². The predicted octanol–water partition coefficient (Wildman–Crippen LogP) is 1.84. The van der Waals surface area contributed by atoms with E-state index in [1.807, 2.05) is 6.92 Å². The minimum atomic E-state index is -3.30. The third-order valence-electron chi connectivity index (χ3n) is 2.45. The van der Waals surface area contributed by atoms with Gasteiger partial charge in [0.05, 0.1) is 10.3 Å². The molecule has 1 rings (SSSR count). The highest BCUT2D eigenvalue weighted by atomic mass is 35.5. The van der Waals surface area contributed by atoms with E-state index in [2.05, 4.69) is 5.32 Å². The molecule has 0 aliphatic carbocycles. The van der Waals surface area contributed by atoms with Crippen molar-refractivity contribution in [2.45, 2.75) is 23.6 Å². The Morgan fingerprint density at radius 3 is 2.67 bits per heavy atom. The summed E-state index contributed by atoms with van der Waals surface area (Å²) in [6, 6.07) is 5.94. The van der Waals surface area contributed by atoms with Gasteiger partial charge in [-0.3, -0.25) is 4.79 Å². The number of carbonyl (C=O) groups is 1. The number of hydrogen-bond donors (Lipinski definition) is 1. The highest BCUT2D eigenvalue weighted by Gasteiger charge is 2.12. The van der Waals surface area contributed by atoms with Gasteiger partial charge in [-0.05, 0) is 24.6 Å². The second-order valence-corrected chi connectivity index (χ2v) is 6.65. The lowest BCUT2D eigenvalue weighted by atomic mass is 10.2. The lowest BCUT2D eigenvalue weighted by Gasteiger charge is -2.09. The van der Waals surface area contributed by atoms with Crippen LogP contribution < -0.4 is 5.32 Å². The van der Waals surface area contributed by atoms with E-state index >= 15 is 0 Å². The van der Waals surface area contributed by atoms with Gasteiger partial charge >= 0.3 is 0 Å². The topological polar surface area (TPSA) is 63.2 Å². The lowest BCUT2D eigenvalue weighted by Crippen LogP contribution is -2.29. The molecular weight excluding hydrogens is 274 g/mol. The number of benzene rings is 1. The largest absolute Gasteiger partial charge is 0.351 e. The lowest BCUT2D eigenvalue weighted by molar-refractivity contribution is 0.0953. The van der Waals surface area contributed by atoms with Crippen molar-refractivity contribution in [3.8, 4) is 0 Å². The SMILES string of the molecule is CCC(Cl)CNC(=O)c1cccc(S(C)(=O)=O)c1. The first-order valence-electron chi connectivity index (χ1n) is 5.57. The number of halogens is 1. The molecule has 18 heavy (non-hydrogen) atoms. The molecule has 0 saturated carbocycles. The monoisotopic (exact) mass is 289 g/mol. The highest BCUT2D eigenvalue weighted by Crippen LogP contribution is 2.11. The molecule has 0 bridgehead atoms. The van der Waals surface area contributed by atoms with Gasteiger partial charge in [-0.25, -0.2) is 8.42 Å². The third-order valence-corrected chi connectivity index (χ3v) is 4.02. The zero-order chi connectivity index (χ0) is 13.8. The molecule has 0 heterocycles. The summed E-state index contributed by atoms with van der Waals surface area (Å²) in [5, 5.41) is 2.54. The van der Waals surface area contributed by atoms with Crippen molar-refractivity contribution in [3.63, 3.8) is 0 Å². The van der Waals surface area contributed by atoms with Crippen LogP contribution in [0.25, 0.3) is 0 Å². The highest BCUT2D eigenvalue weighted by molar-refractivity contribution is 7.90. The Hall–Kier alpha value is -1.07. The molecule has 1 unspecified atom stereocenters. The minimum Gasteiger partial charge on any atom is -0.351 e. The molecule has 6 heteroatoms. The average molecular weight is 290 g/mol. The van der Waals surface area contributed by atoms with Crippen molar-refractivity contribution >= 4 is 27.3 Å². The molecule has 100 valence electrons. The van der Waals surface area contributed by atoms with Crippen LogP contribution in [0.3, 0.4) is 0 Å². The molecule has 1 amide bonds. The Kier molecular flexibility index (Phi) is 5.16. The van der Waals surface area contributed by atoms with E-state index < -0.39 is 9.84 Å². The molecule has 1 N–H and O–H groups in total. The van der Waals surface area contributed by atoms with Crippen molar-refractivity contribution in [1.82, 2.24) is 5.32 Å². The van der Waals surface area contributed by atoms with E-state index in [0.29, 0.717) is 12.1 Å². The van der Waals surface area contributed by atoms with Gasteiger partial charge in [0, 0.05) is 18.4 Å². The molecule has 1 atom stereocenters. The van der Waals surface area contributed by atoms with Gasteiger partial charge in [0.25, 0.3) is 5.91 Å². The van der Waals surface area contributed by atoms with E-state index in [4.69, 9.17) is 11.6 Å². The van der Waals surface area contributed by atoms with Crippen LogP contribution in [-0.2, 0) is 9.84 Å². The maximum absolute atomic E-state index is 11.8. The fourth-order valence-electron chi connectivity index (χ4n) is 1.32. The summed E-state index contributed by atoms with van der Waals surface area (Å²) in [6.45, 7) is 2.29. The Balaban J connectivity index is 2.81. The molecule has 4 nitrogen and oxygen atoms in total. The summed E-state index contributed by atoms with van der Waals surface area (Å²) in [4.78, 5) is 11.9. The number of alkyl halides is 1. The number of rotatable bonds is 5. The molecular formula is C12H16ClNO3S. The fourth-order valence-corrected chi connectivity index (χ4v) is 2.06. The van der Waals surface area contributed by atoms with Gasteiger partial charge in [-0.2, -0.15) is 0 Å². The average Bonchev–Trinajstić information content (AvgIpc) is 2.34. The van der Waals surface area contributed by atoms with Crippen LogP contribution in [0.15, 0.2) is 29.2 Å². The molecule has 0 aliphatic rings. The molecule has 0 spiro atoms. The molecule has 1 aromatic rings. The van der Waals surface area contributed by atoms with Gasteiger partial charge in [-0.1, -0.05) is 13.0 Å². The minimum absolute atomic E-state index is 0.118. The van der Waals surface area contributed by atoms with Crippen LogP contribution in [0.5, 0.6) is 0 Å². The smallest absolute Gasteiger partial charge is 0.251 e. The maximum Gasteiger partial charge on any atom is 0.251 e. The molecule has 0 saturated heterocycles. The maximum atomic E-state index is 11.8. The Morgan fingerprint density at radius 1 is 1.44 bits per heavy atom. The van der Waals surface area contributed by atoms with Gasteiger partial charge in [0.15, 0.2) is 9.84 Å². The predicted molar refractivity (Wildman–Crippen MR) is 71.8 cm³/mol. The van der Waals surface area contributed by atoms with Crippen LogP contribution in [-0.4, -0.2) is 32.5 Å². The quantitative estimate of drug-likeness (QED) is 0.841. The van der Waals surface area contributed by atoms with E-state index in [9.17, 15) is 13.2 Å². The Labute approximate surface area is 112 Å². The Morgan fingerprint density at radius 2 is 2.11 bits per heavy atom. The van der Waals surface area contributed by atoms with Crippen LogP contribution >= 0.6 is 11.6 Å². The van der Waals surface area contributed by atoms with Crippen molar-refractivity contribution in [3.05, 3.63) is 29.8 Å². The second kappa shape index (κ2) is 6.20. The van der Waals surface area contributed by atoms with Crippen LogP contribution in [0.1, 0.15) is 23.7 Å². The third kappa shape index (κ3) is 4.31. The van der Waals surface area contributed by atoms with Gasteiger partial charge in [0.2, 0.25) is 0 Å². The summed E-state index contributed by atoms with van der Waals surface area (Å²) in [6.07, 6.45) is 1.86. The number of sulfone groups is 1. The van der Waals surface area contributed by atoms with E-state index in [1.165, 1.54) is 12.1 Å². The molecule has 0 fully saturated rings. The first-order chi connectivity index (χ1) is 8.34. The Bertz CT molecular complexity index is 528. The number of carbonyl (C=O) groups excluding carboxylic acids is 1. The van der Waals surface area contributed by atoms with Gasteiger partial charge in [-0.15, -0.1) is 11.6 Å². The van der Waals surface area contributed by atoms with Crippen molar-refractivity contribution in [2.24, 2.45) is 0 Å². The number of hydrogen-bond acceptors (Lipinski definition) is 3. The van der Waals surface area contributed by atoms with Gasteiger partial charge in [0.1, 0.15) is 0 Å². The molecule has 0 aromatic heterocycles. The molecule has 0 aliphatic heterocycles. The molecule has 1 aromatic carbocycles. The van der Waals surface area contributed by atoms with Crippen molar-refractivity contribution < 1.29 is 13.2 Å². The summed E-state index contributed by atoms with van der Waals surface area (Å²) in [7, 11) is -3.30. The summed E-state index contributed by atoms with van der Waals surface area (Å²) in [5.74, 6) is -0.320. The zero-order valence-corrected chi connectivity index (χ0v) is 11.9. The summed E-state index contributed by atoms with van der Waals surface area (Å²) >= 11 is 5.89. The summed E-state index contributed by atoms with van der Waals surface area (Å²) in [5.41, 5.74) is 0.317. The molecule has 0 radical (unpaired) electrons. The zero-order valence-electron chi connectivity index (χ0n) is 10.3. The fraction of sp³-hybridized carbons (Fsp3) is 0.417. The standard InChI is InChI=1S/C12H16ClNO3S/c1-3-10(13)8-14-12(15)9-5-4-6-11(7-9)18(2,16)17/h4-7,10H,3,8H2,1-2H3,(H,14,15). The van der Waals surface area contributed by atoms with E-state index in [-0.39, 0.29) is 16.2 Å². The van der Waals surface area contributed by atoms with Crippen molar-refractivity contribution in [2.75, 3.05) is 12.8 Å². The van der Waals surface area contributed by atoms with E-state index in [1.54, 1.807) is 12.1 Å². The van der Waals surface area contributed by atoms with Crippen LogP contribution in [0, 0.1) is 0 Å². The summed E-state index contributed by atoms with van der Waals surface area (Å²) < 4.78 is 22.7. The second-order valence-electron chi connectivity index (χ2n) is 4.02. The number of nitrogens with one attached hydrogen (secondary N) is 1. The first kappa shape index (κ1) is 15.0. The number of amides is 1. The first-order valence-corrected chi connectivity index (χ1v) is 7.89. The van der Waals surface area contributed by atoms with Crippen LogP contribution in [0.2, 0.25) is 0 Å². The normalized spacial score (nSPS) is 13.1. The van der Waals surface area contributed by atoms with Gasteiger partial charge < -0.3 is 5.32 Å². The van der Waals surface area contributed by atoms with Crippen LogP contribution in [0.4, 0.5) is 0 Å².